The van der Waals surface area contributed by atoms with E-state index in [9.17, 15) is 8.42 Å². The monoisotopic (exact) mass is 265 g/mol. The van der Waals surface area contributed by atoms with Crippen molar-refractivity contribution in [1.29, 1.82) is 0 Å². The summed E-state index contributed by atoms with van der Waals surface area (Å²) in [5, 5.41) is 0. The maximum absolute atomic E-state index is 11.7. The van der Waals surface area contributed by atoms with Gasteiger partial charge in [0.15, 0.2) is 0 Å². The third-order valence-corrected chi connectivity index (χ3v) is 4.64. The number of hydrogen-bond donors (Lipinski definition) is 1. The van der Waals surface area contributed by atoms with E-state index in [1.54, 1.807) is 0 Å². The Morgan fingerprint density at radius 3 is 2.89 bits per heavy atom. The van der Waals surface area contributed by atoms with Crippen LogP contribution >= 0.6 is 0 Å². The van der Waals surface area contributed by atoms with Crippen LogP contribution in [-0.2, 0) is 10.0 Å². The highest BCUT2D eigenvalue weighted by Gasteiger charge is 2.34. The number of para-hydroxylation sites is 2. The first kappa shape index (κ1) is 11.7. The van der Waals surface area contributed by atoms with Gasteiger partial charge in [-0.3, -0.25) is 0 Å². The molecule has 1 aliphatic heterocycles. The quantitative estimate of drug-likeness (QED) is 0.898. The van der Waals surface area contributed by atoms with Crippen LogP contribution in [0.15, 0.2) is 24.3 Å². The van der Waals surface area contributed by atoms with E-state index in [0.717, 1.165) is 29.7 Å². The van der Waals surface area contributed by atoms with E-state index in [4.69, 9.17) is 0 Å². The van der Waals surface area contributed by atoms with Crippen LogP contribution in [0, 0.1) is 0 Å². The summed E-state index contributed by atoms with van der Waals surface area (Å²) in [6.07, 6.45) is 2.97. The van der Waals surface area contributed by atoms with Crippen molar-refractivity contribution in [3.05, 3.63) is 30.1 Å². The Balaban J connectivity index is 2.03. The maximum atomic E-state index is 11.7. The lowest BCUT2D eigenvalue weighted by Crippen LogP contribution is -2.29. The van der Waals surface area contributed by atoms with Gasteiger partial charge in [0.25, 0.3) is 0 Å². The van der Waals surface area contributed by atoms with Crippen LogP contribution in [0.5, 0.6) is 0 Å². The number of aromatic nitrogens is 2. The van der Waals surface area contributed by atoms with Crippen molar-refractivity contribution >= 4 is 21.1 Å². The molecule has 0 amide bonds. The topological polar surface area (TPSA) is 66.1 Å². The van der Waals surface area contributed by atoms with E-state index in [-0.39, 0.29) is 6.04 Å². The minimum Gasteiger partial charge on any atom is -0.341 e. The van der Waals surface area contributed by atoms with Crippen molar-refractivity contribution < 1.29 is 8.42 Å². The van der Waals surface area contributed by atoms with Gasteiger partial charge in [0, 0.05) is 6.54 Å². The molecule has 1 atom stereocenters. The Kier molecular flexibility index (Phi) is 2.64. The number of H-pyrrole nitrogens is 1. The summed E-state index contributed by atoms with van der Waals surface area (Å²) in [5.74, 6) is 0.749. The molecule has 1 unspecified atom stereocenters. The average molecular weight is 265 g/mol. The minimum absolute atomic E-state index is 0.146. The van der Waals surface area contributed by atoms with Crippen molar-refractivity contribution in [2.75, 3.05) is 12.8 Å². The van der Waals surface area contributed by atoms with E-state index in [1.165, 1.54) is 10.6 Å². The van der Waals surface area contributed by atoms with Gasteiger partial charge in [-0.05, 0) is 25.0 Å². The van der Waals surface area contributed by atoms with Gasteiger partial charge in [0.05, 0.1) is 23.3 Å². The number of rotatable bonds is 2. The first-order valence-corrected chi connectivity index (χ1v) is 7.82. The second kappa shape index (κ2) is 4.07. The first-order valence-electron chi connectivity index (χ1n) is 5.97. The third-order valence-electron chi connectivity index (χ3n) is 3.35. The van der Waals surface area contributed by atoms with E-state index in [1.807, 2.05) is 24.3 Å². The summed E-state index contributed by atoms with van der Waals surface area (Å²) in [4.78, 5) is 7.72. The molecule has 5 nitrogen and oxygen atoms in total. The molecule has 0 spiro atoms. The average Bonchev–Trinajstić information content (AvgIpc) is 2.94. The fourth-order valence-electron chi connectivity index (χ4n) is 2.54. The first-order chi connectivity index (χ1) is 8.55. The smallest absolute Gasteiger partial charge is 0.211 e. The second-order valence-electron chi connectivity index (χ2n) is 4.67. The predicted octanol–water partition coefficient (Wildman–Crippen LogP) is 1.66. The van der Waals surface area contributed by atoms with Gasteiger partial charge in [-0.15, -0.1) is 0 Å². The van der Waals surface area contributed by atoms with Crippen molar-refractivity contribution in [3.8, 4) is 0 Å². The number of nitrogens with zero attached hydrogens (tertiary/aromatic N) is 2. The molecular weight excluding hydrogens is 250 g/mol. The fourth-order valence-corrected chi connectivity index (χ4v) is 3.67. The number of hydrogen-bond acceptors (Lipinski definition) is 3. The number of sulfonamides is 1. The Bertz CT molecular complexity index is 644. The molecule has 0 bridgehead atoms. The summed E-state index contributed by atoms with van der Waals surface area (Å²) in [6.45, 7) is 0.584. The highest BCUT2D eigenvalue weighted by Crippen LogP contribution is 2.33. The van der Waals surface area contributed by atoms with E-state index < -0.39 is 10.0 Å². The van der Waals surface area contributed by atoms with Crippen molar-refractivity contribution in [2.45, 2.75) is 18.9 Å². The highest BCUT2D eigenvalue weighted by molar-refractivity contribution is 7.88. The summed E-state index contributed by atoms with van der Waals surface area (Å²) >= 11 is 0. The zero-order chi connectivity index (χ0) is 12.8. The maximum Gasteiger partial charge on any atom is 0.211 e. The van der Waals surface area contributed by atoms with Gasteiger partial charge in [0.2, 0.25) is 10.0 Å². The molecule has 1 N–H and O–H groups in total. The van der Waals surface area contributed by atoms with Crippen LogP contribution in [0.4, 0.5) is 0 Å². The number of imidazole rings is 1. The number of nitrogens with one attached hydrogen (secondary N) is 1. The summed E-state index contributed by atoms with van der Waals surface area (Å²) < 4.78 is 25.0. The summed E-state index contributed by atoms with van der Waals surface area (Å²) in [6, 6.07) is 7.59. The van der Waals surface area contributed by atoms with Gasteiger partial charge in [-0.2, -0.15) is 4.31 Å². The zero-order valence-corrected chi connectivity index (χ0v) is 10.9. The van der Waals surface area contributed by atoms with E-state index in [2.05, 4.69) is 9.97 Å². The molecule has 2 heterocycles. The molecule has 3 rings (SSSR count). The Labute approximate surface area is 106 Å². The third kappa shape index (κ3) is 1.91. The minimum atomic E-state index is -3.16. The molecule has 1 aliphatic rings. The standard InChI is InChI=1S/C12H15N3O2S/c1-18(16,17)15-8-4-7-11(15)12-13-9-5-2-3-6-10(9)14-12/h2-3,5-6,11H,4,7-8H2,1H3,(H,13,14). The number of aromatic amines is 1. The predicted molar refractivity (Wildman–Crippen MR) is 69.6 cm³/mol. The molecule has 0 radical (unpaired) electrons. The van der Waals surface area contributed by atoms with Crippen LogP contribution in [0.3, 0.4) is 0 Å². The molecule has 2 aromatic rings. The van der Waals surface area contributed by atoms with E-state index in [0.29, 0.717) is 6.54 Å². The Hall–Kier alpha value is -1.40. The van der Waals surface area contributed by atoms with Gasteiger partial charge in [-0.25, -0.2) is 13.4 Å². The largest absolute Gasteiger partial charge is 0.341 e. The highest BCUT2D eigenvalue weighted by atomic mass is 32.2. The summed E-state index contributed by atoms with van der Waals surface area (Å²) in [7, 11) is -3.16. The SMILES string of the molecule is CS(=O)(=O)N1CCCC1c1nc2ccccc2[nH]1. The van der Waals surface area contributed by atoms with Crippen LogP contribution in [0.2, 0.25) is 0 Å². The van der Waals surface area contributed by atoms with Gasteiger partial charge >= 0.3 is 0 Å². The summed E-state index contributed by atoms with van der Waals surface area (Å²) in [5.41, 5.74) is 1.83. The zero-order valence-electron chi connectivity index (χ0n) is 10.1. The molecule has 0 aliphatic carbocycles. The number of benzene rings is 1. The molecule has 1 fully saturated rings. The normalized spacial score (nSPS) is 21.7. The molecule has 1 aromatic heterocycles. The molecular formula is C12H15N3O2S. The Morgan fingerprint density at radius 1 is 1.39 bits per heavy atom. The molecule has 6 heteroatoms. The lowest BCUT2D eigenvalue weighted by Gasteiger charge is -2.19. The second-order valence-corrected chi connectivity index (χ2v) is 6.61. The molecule has 0 saturated carbocycles. The molecule has 18 heavy (non-hydrogen) atoms. The molecule has 1 saturated heterocycles. The van der Waals surface area contributed by atoms with Crippen molar-refractivity contribution in [2.24, 2.45) is 0 Å². The van der Waals surface area contributed by atoms with Gasteiger partial charge in [-0.1, -0.05) is 12.1 Å². The van der Waals surface area contributed by atoms with Crippen LogP contribution in [-0.4, -0.2) is 35.5 Å². The molecule has 1 aromatic carbocycles. The Morgan fingerprint density at radius 2 is 2.17 bits per heavy atom. The molecule has 96 valence electrons. The number of fused-ring (bicyclic) bond motifs is 1. The van der Waals surface area contributed by atoms with Crippen molar-refractivity contribution in [1.82, 2.24) is 14.3 Å². The van der Waals surface area contributed by atoms with Crippen LogP contribution in [0.1, 0.15) is 24.7 Å². The van der Waals surface area contributed by atoms with Gasteiger partial charge in [0.1, 0.15) is 5.82 Å². The lowest BCUT2D eigenvalue weighted by molar-refractivity contribution is 0.389. The fraction of sp³-hybridized carbons (Fsp3) is 0.417. The van der Waals surface area contributed by atoms with Gasteiger partial charge < -0.3 is 4.98 Å². The van der Waals surface area contributed by atoms with Crippen LogP contribution < -0.4 is 0 Å². The lowest BCUT2D eigenvalue weighted by atomic mass is 10.2. The van der Waals surface area contributed by atoms with Crippen LogP contribution in [0.25, 0.3) is 11.0 Å². The van der Waals surface area contributed by atoms with Crippen molar-refractivity contribution in [3.63, 3.8) is 0 Å². The van der Waals surface area contributed by atoms with E-state index >= 15 is 0 Å².